The summed E-state index contributed by atoms with van der Waals surface area (Å²) in [4.78, 5) is 24.6. The Balaban J connectivity index is 1.90. The van der Waals surface area contributed by atoms with Gasteiger partial charge in [-0.25, -0.2) is 9.97 Å². The Morgan fingerprint density at radius 1 is 1.26 bits per heavy atom. The van der Waals surface area contributed by atoms with Gasteiger partial charge in [-0.3, -0.25) is 4.79 Å². The van der Waals surface area contributed by atoms with Gasteiger partial charge in [-0.05, 0) is 12.8 Å². The highest BCUT2D eigenvalue weighted by molar-refractivity contribution is 5.76. The maximum absolute atomic E-state index is 12.0. The monoisotopic (exact) mass is 262 g/mol. The maximum Gasteiger partial charge on any atom is 0.222 e. The van der Waals surface area contributed by atoms with Crippen LogP contribution in [0, 0.1) is 12.8 Å². The lowest BCUT2D eigenvalue weighted by Crippen LogP contribution is -2.49. The zero-order valence-corrected chi connectivity index (χ0v) is 12.0. The minimum atomic E-state index is 0.272. The predicted octanol–water partition coefficient (Wildman–Crippen LogP) is 1.48. The number of rotatable bonds is 3. The quantitative estimate of drug-likeness (QED) is 0.828. The van der Waals surface area contributed by atoms with Gasteiger partial charge < -0.3 is 9.80 Å². The number of amides is 1. The summed E-state index contributed by atoms with van der Waals surface area (Å²) in [6.45, 7) is 9.40. The summed E-state index contributed by atoms with van der Waals surface area (Å²) >= 11 is 0. The van der Waals surface area contributed by atoms with Crippen LogP contribution in [0.25, 0.3) is 0 Å². The standard InChI is InChI=1S/C14H22N4O/c1-11(2)8-14(19)18-6-4-17(5-7-18)13-9-12(3)15-10-16-13/h9-11H,4-8H2,1-3H3. The normalized spacial score (nSPS) is 16.0. The van der Waals surface area contributed by atoms with Crippen LogP contribution >= 0.6 is 0 Å². The fraction of sp³-hybridized carbons (Fsp3) is 0.643. The van der Waals surface area contributed by atoms with Gasteiger partial charge in [0.25, 0.3) is 0 Å². The average molecular weight is 262 g/mol. The second-order valence-corrected chi connectivity index (χ2v) is 5.48. The van der Waals surface area contributed by atoms with Crippen molar-refractivity contribution in [2.75, 3.05) is 31.1 Å². The predicted molar refractivity (Wildman–Crippen MR) is 75.0 cm³/mol. The Hall–Kier alpha value is -1.65. The number of piperazine rings is 1. The molecule has 0 spiro atoms. The molecule has 0 saturated carbocycles. The van der Waals surface area contributed by atoms with Crippen LogP contribution in [-0.2, 0) is 4.79 Å². The molecule has 0 aromatic carbocycles. The van der Waals surface area contributed by atoms with Gasteiger partial charge in [0.15, 0.2) is 0 Å². The van der Waals surface area contributed by atoms with Crippen LogP contribution in [-0.4, -0.2) is 47.0 Å². The third kappa shape index (κ3) is 3.66. The smallest absolute Gasteiger partial charge is 0.222 e. The number of hydrogen-bond donors (Lipinski definition) is 0. The van der Waals surface area contributed by atoms with E-state index in [1.165, 1.54) is 0 Å². The molecule has 0 N–H and O–H groups in total. The minimum absolute atomic E-state index is 0.272. The molecule has 1 amide bonds. The molecule has 1 fully saturated rings. The summed E-state index contributed by atoms with van der Waals surface area (Å²) in [7, 11) is 0. The highest BCUT2D eigenvalue weighted by Crippen LogP contribution is 2.14. The van der Waals surface area contributed by atoms with Crippen molar-refractivity contribution in [3.63, 3.8) is 0 Å². The molecule has 5 nitrogen and oxygen atoms in total. The molecule has 0 unspecified atom stereocenters. The van der Waals surface area contributed by atoms with Crippen molar-refractivity contribution in [3.8, 4) is 0 Å². The van der Waals surface area contributed by atoms with Gasteiger partial charge in [-0.2, -0.15) is 0 Å². The number of carbonyl (C=O) groups is 1. The molecule has 0 radical (unpaired) electrons. The second kappa shape index (κ2) is 5.99. The van der Waals surface area contributed by atoms with Gasteiger partial charge in [0, 0.05) is 44.4 Å². The van der Waals surface area contributed by atoms with Crippen molar-refractivity contribution in [2.45, 2.75) is 27.2 Å². The molecule has 2 rings (SSSR count). The SMILES string of the molecule is Cc1cc(N2CCN(C(=O)CC(C)C)CC2)ncn1. The van der Waals surface area contributed by atoms with Crippen molar-refractivity contribution in [2.24, 2.45) is 5.92 Å². The molecule has 1 aliphatic heterocycles. The zero-order valence-electron chi connectivity index (χ0n) is 12.0. The summed E-state index contributed by atoms with van der Waals surface area (Å²) in [5.74, 6) is 1.66. The first-order valence-electron chi connectivity index (χ1n) is 6.87. The van der Waals surface area contributed by atoms with E-state index in [9.17, 15) is 4.79 Å². The molecular formula is C14H22N4O. The lowest BCUT2D eigenvalue weighted by Gasteiger charge is -2.35. The molecule has 5 heteroatoms. The Morgan fingerprint density at radius 2 is 1.95 bits per heavy atom. The van der Waals surface area contributed by atoms with Crippen molar-refractivity contribution in [1.82, 2.24) is 14.9 Å². The van der Waals surface area contributed by atoms with Crippen LogP contribution in [0.15, 0.2) is 12.4 Å². The van der Waals surface area contributed by atoms with Crippen LogP contribution < -0.4 is 4.90 Å². The number of anilines is 1. The molecule has 19 heavy (non-hydrogen) atoms. The second-order valence-electron chi connectivity index (χ2n) is 5.48. The number of aryl methyl sites for hydroxylation is 1. The molecule has 1 saturated heterocycles. The highest BCUT2D eigenvalue weighted by Gasteiger charge is 2.22. The molecule has 1 aromatic heterocycles. The summed E-state index contributed by atoms with van der Waals surface area (Å²) in [6.07, 6.45) is 2.24. The molecule has 2 heterocycles. The largest absolute Gasteiger partial charge is 0.353 e. The van der Waals surface area contributed by atoms with Crippen molar-refractivity contribution in [1.29, 1.82) is 0 Å². The molecule has 0 aliphatic carbocycles. The molecule has 0 bridgehead atoms. The van der Waals surface area contributed by atoms with Crippen LogP contribution in [0.3, 0.4) is 0 Å². The fourth-order valence-corrected chi connectivity index (χ4v) is 2.28. The Kier molecular flexibility index (Phi) is 4.35. The summed E-state index contributed by atoms with van der Waals surface area (Å²) < 4.78 is 0. The molecule has 1 aromatic rings. The summed E-state index contributed by atoms with van der Waals surface area (Å²) in [5.41, 5.74) is 0.975. The van der Waals surface area contributed by atoms with Crippen LogP contribution in [0.5, 0.6) is 0 Å². The number of nitrogens with zero attached hydrogens (tertiary/aromatic N) is 4. The highest BCUT2D eigenvalue weighted by atomic mass is 16.2. The molecule has 1 aliphatic rings. The third-order valence-electron chi connectivity index (χ3n) is 3.33. The first-order valence-corrected chi connectivity index (χ1v) is 6.87. The van der Waals surface area contributed by atoms with E-state index in [0.717, 1.165) is 37.7 Å². The van der Waals surface area contributed by atoms with E-state index < -0.39 is 0 Å². The van der Waals surface area contributed by atoms with E-state index in [1.54, 1.807) is 6.33 Å². The topological polar surface area (TPSA) is 49.3 Å². The van der Waals surface area contributed by atoms with E-state index >= 15 is 0 Å². The summed E-state index contributed by atoms with van der Waals surface area (Å²) in [5, 5.41) is 0. The van der Waals surface area contributed by atoms with E-state index in [-0.39, 0.29) is 5.91 Å². The number of carbonyl (C=O) groups excluding carboxylic acids is 1. The molecule has 104 valence electrons. The van der Waals surface area contributed by atoms with Crippen molar-refractivity contribution in [3.05, 3.63) is 18.1 Å². The van der Waals surface area contributed by atoms with Crippen LogP contribution in [0.4, 0.5) is 5.82 Å². The first-order chi connectivity index (χ1) is 9.06. The molecular weight excluding hydrogens is 240 g/mol. The first kappa shape index (κ1) is 13.8. The number of aromatic nitrogens is 2. The van der Waals surface area contributed by atoms with E-state index in [4.69, 9.17) is 0 Å². The lowest BCUT2D eigenvalue weighted by molar-refractivity contribution is -0.132. The fourth-order valence-electron chi connectivity index (χ4n) is 2.28. The van der Waals surface area contributed by atoms with Gasteiger partial charge in [0.1, 0.15) is 12.1 Å². The van der Waals surface area contributed by atoms with E-state index in [2.05, 4.69) is 28.7 Å². The van der Waals surface area contributed by atoms with E-state index in [1.807, 2.05) is 17.9 Å². The average Bonchev–Trinajstić information content (AvgIpc) is 2.38. The zero-order chi connectivity index (χ0) is 13.8. The van der Waals surface area contributed by atoms with Crippen molar-refractivity contribution < 1.29 is 4.79 Å². The van der Waals surface area contributed by atoms with Crippen molar-refractivity contribution >= 4 is 11.7 Å². The van der Waals surface area contributed by atoms with Crippen LogP contribution in [0.1, 0.15) is 26.0 Å². The Labute approximate surface area is 114 Å². The minimum Gasteiger partial charge on any atom is -0.353 e. The maximum atomic E-state index is 12.0. The van der Waals surface area contributed by atoms with Gasteiger partial charge in [0.05, 0.1) is 0 Å². The van der Waals surface area contributed by atoms with Crippen LogP contribution in [0.2, 0.25) is 0 Å². The van der Waals surface area contributed by atoms with Gasteiger partial charge >= 0.3 is 0 Å². The summed E-state index contributed by atoms with van der Waals surface area (Å²) in [6, 6.07) is 1.99. The van der Waals surface area contributed by atoms with Gasteiger partial charge in [0.2, 0.25) is 5.91 Å². The van der Waals surface area contributed by atoms with Gasteiger partial charge in [-0.1, -0.05) is 13.8 Å². The lowest BCUT2D eigenvalue weighted by atomic mass is 10.1. The Morgan fingerprint density at radius 3 is 2.53 bits per heavy atom. The van der Waals surface area contributed by atoms with Gasteiger partial charge in [-0.15, -0.1) is 0 Å². The van der Waals surface area contributed by atoms with E-state index in [0.29, 0.717) is 12.3 Å². The molecule has 0 atom stereocenters. The Bertz CT molecular complexity index is 439. The third-order valence-corrected chi connectivity index (χ3v) is 3.33. The number of hydrogen-bond acceptors (Lipinski definition) is 4.